The average Bonchev–Trinajstić information content (AvgIpc) is 2.87. The molecule has 3 aliphatic rings. The number of hydrogen-bond acceptors (Lipinski definition) is 7. The first-order chi connectivity index (χ1) is 18.5. The quantitative estimate of drug-likeness (QED) is 0.183. The summed E-state index contributed by atoms with van der Waals surface area (Å²) in [6, 6.07) is 11.0. The molecule has 0 aliphatic heterocycles. The van der Waals surface area contributed by atoms with Crippen LogP contribution in [0.3, 0.4) is 0 Å². The Balaban J connectivity index is 1.67. The molecule has 2 bridgehead atoms. The third-order valence-corrected chi connectivity index (χ3v) is 9.57. The highest BCUT2D eigenvalue weighted by Crippen LogP contribution is 2.56. The van der Waals surface area contributed by atoms with Crippen LogP contribution in [0.4, 0.5) is 0 Å². The first kappa shape index (κ1) is 29.4. The SMILES string of the molecule is CCCOC(=O)[C@H]1[C@H](C(=O)OCC[Si](C)(C)C)C2CC(=NOCc3ccc(Cl)cc3Cl)[C@H]1c1cc(O)ccc12. The van der Waals surface area contributed by atoms with Gasteiger partial charge in [-0.25, -0.2) is 0 Å². The maximum Gasteiger partial charge on any atom is 0.310 e. The zero-order valence-corrected chi connectivity index (χ0v) is 25.2. The van der Waals surface area contributed by atoms with Crippen molar-refractivity contribution in [1.82, 2.24) is 0 Å². The maximum absolute atomic E-state index is 13.5. The van der Waals surface area contributed by atoms with Crippen molar-refractivity contribution < 1.29 is 29.0 Å². The van der Waals surface area contributed by atoms with Crippen molar-refractivity contribution in [3.05, 3.63) is 63.1 Å². The predicted octanol–water partition coefficient (Wildman–Crippen LogP) is 6.92. The standard InChI is InChI=1S/C29H35Cl2NO6Si/c1-5-10-36-29(35)27-25-21-14-19(33)8-9-20(21)22(26(27)28(34)37-11-12-39(2,3)4)15-24(25)32-38-16-17-6-7-18(30)13-23(17)31/h6-9,13-14,22,25-27,33H,5,10-12,15-16H2,1-4H3/t22?,25-,26-,27-/m1/s1. The molecule has 1 fully saturated rings. The molecule has 0 radical (unpaired) electrons. The van der Waals surface area contributed by atoms with Gasteiger partial charge >= 0.3 is 11.9 Å². The number of phenolic OH excluding ortho intramolecular Hbond substituents is 1. The lowest BCUT2D eigenvalue weighted by atomic mass is 9.55. The highest BCUT2D eigenvalue weighted by Gasteiger charge is 2.57. The van der Waals surface area contributed by atoms with E-state index >= 15 is 0 Å². The number of carbonyl (C=O) groups is 2. The molecular weight excluding hydrogens is 557 g/mol. The third kappa shape index (κ3) is 6.79. The molecule has 10 heteroatoms. The highest BCUT2D eigenvalue weighted by molar-refractivity contribution is 6.76. The monoisotopic (exact) mass is 591 g/mol. The second-order valence-electron chi connectivity index (χ2n) is 11.4. The van der Waals surface area contributed by atoms with Gasteiger partial charge in [0.15, 0.2) is 0 Å². The van der Waals surface area contributed by atoms with E-state index in [-0.39, 0.29) is 24.9 Å². The van der Waals surface area contributed by atoms with Crippen molar-refractivity contribution in [2.24, 2.45) is 17.0 Å². The molecule has 7 nitrogen and oxygen atoms in total. The predicted molar refractivity (Wildman–Crippen MR) is 154 cm³/mol. The van der Waals surface area contributed by atoms with Crippen LogP contribution in [0.1, 0.15) is 48.3 Å². The van der Waals surface area contributed by atoms with E-state index in [1.807, 2.05) is 13.0 Å². The maximum atomic E-state index is 13.5. The normalized spacial score (nSPS) is 22.9. The smallest absolute Gasteiger partial charge is 0.310 e. The number of oxime groups is 1. The number of carbonyl (C=O) groups excluding carboxylic acids is 2. The lowest BCUT2D eigenvalue weighted by molar-refractivity contribution is -0.163. The molecule has 0 heterocycles. The topological polar surface area (TPSA) is 94.4 Å². The zero-order valence-electron chi connectivity index (χ0n) is 22.7. The van der Waals surface area contributed by atoms with Crippen LogP contribution in [-0.4, -0.2) is 44.0 Å². The van der Waals surface area contributed by atoms with E-state index in [1.165, 1.54) is 0 Å². The van der Waals surface area contributed by atoms with E-state index in [1.54, 1.807) is 30.3 Å². The van der Waals surface area contributed by atoms with E-state index in [9.17, 15) is 14.7 Å². The van der Waals surface area contributed by atoms with Gasteiger partial charge in [0.05, 0.1) is 30.8 Å². The fourth-order valence-electron chi connectivity index (χ4n) is 5.35. The molecule has 1 N–H and O–H groups in total. The average molecular weight is 593 g/mol. The number of hydrogen-bond donors (Lipinski definition) is 1. The van der Waals surface area contributed by atoms with Gasteiger partial charge in [-0.15, -0.1) is 0 Å². The Morgan fingerprint density at radius 1 is 1.00 bits per heavy atom. The van der Waals surface area contributed by atoms with E-state index < -0.39 is 37.8 Å². The summed E-state index contributed by atoms with van der Waals surface area (Å²) < 4.78 is 11.4. The molecule has 0 spiro atoms. The Bertz CT molecular complexity index is 1260. The Kier molecular flexibility index (Phi) is 9.29. The van der Waals surface area contributed by atoms with E-state index in [4.69, 9.17) is 37.5 Å². The van der Waals surface area contributed by atoms with Crippen molar-refractivity contribution in [1.29, 1.82) is 0 Å². The van der Waals surface area contributed by atoms with E-state index in [0.29, 0.717) is 40.8 Å². The summed E-state index contributed by atoms with van der Waals surface area (Å²) in [7, 11) is -1.42. The molecule has 0 aromatic heterocycles. The van der Waals surface area contributed by atoms with Crippen molar-refractivity contribution in [2.75, 3.05) is 13.2 Å². The summed E-state index contributed by atoms with van der Waals surface area (Å²) in [6.45, 7) is 9.25. The first-order valence-electron chi connectivity index (χ1n) is 13.3. The number of benzene rings is 2. The van der Waals surface area contributed by atoms with Gasteiger partial charge in [0, 0.05) is 35.5 Å². The van der Waals surface area contributed by atoms with Gasteiger partial charge in [-0.3, -0.25) is 9.59 Å². The Hall–Kier alpha value is -2.55. The van der Waals surface area contributed by atoms with Gasteiger partial charge < -0.3 is 19.4 Å². The van der Waals surface area contributed by atoms with Crippen LogP contribution < -0.4 is 0 Å². The van der Waals surface area contributed by atoms with Crippen LogP contribution in [0.15, 0.2) is 41.6 Å². The van der Waals surface area contributed by atoms with E-state index in [0.717, 1.165) is 17.2 Å². The van der Waals surface area contributed by atoms with Gasteiger partial charge in [0.1, 0.15) is 12.4 Å². The first-order valence-corrected chi connectivity index (χ1v) is 17.7. The summed E-state index contributed by atoms with van der Waals surface area (Å²) in [6.07, 6.45) is 1.07. The summed E-state index contributed by atoms with van der Waals surface area (Å²) in [5.74, 6) is -3.32. The lowest BCUT2D eigenvalue weighted by Gasteiger charge is -2.47. The second kappa shape index (κ2) is 12.3. The molecule has 0 amide bonds. The summed E-state index contributed by atoms with van der Waals surface area (Å²) in [5.41, 5.74) is 2.99. The van der Waals surface area contributed by atoms with Crippen LogP contribution in [0.2, 0.25) is 35.7 Å². The zero-order chi connectivity index (χ0) is 28.3. The molecule has 2 aromatic rings. The molecular formula is C29H35Cl2NO6Si. The fraction of sp³-hybridized carbons (Fsp3) is 0.483. The van der Waals surface area contributed by atoms with Crippen LogP contribution in [0.5, 0.6) is 5.75 Å². The van der Waals surface area contributed by atoms with Gasteiger partial charge in [-0.05, 0) is 54.3 Å². The number of fused-ring (bicyclic) bond motifs is 2. The minimum atomic E-state index is -1.42. The lowest BCUT2D eigenvalue weighted by Crippen LogP contribution is -2.51. The van der Waals surface area contributed by atoms with Crippen molar-refractivity contribution in [3.63, 3.8) is 0 Å². The Morgan fingerprint density at radius 3 is 2.41 bits per heavy atom. The number of phenols is 1. The Morgan fingerprint density at radius 2 is 1.72 bits per heavy atom. The number of esters is 2. The molecule has 0 saturated heterocycles. The number of rotatable bonds is 10. The summed E-state index contributed by atoms with van der Waals surface area (Å²) in [4.78, 5) is 32.8. The van der Waals surface area contributed by atoms with Gasteiger partial charge in [-0.2, -0.15) is 0 Å². The molecule has 210 valence electrons. The number of halogens is 2. The molecule has 2 aromatic carbocycles. The largest absolute Gasteiger partial charge is 0.508 e. The van der Waals surface area contributed by atoms with Crippen LogP contribution in [0.25, 0.3) is 0 Å². The van der Waals surface area contributed by atoms with E-state index in [2.05, 4.69) is 24.8 Å². The van der Waals surface area contributed by atoms with Crippen molar-refractivity contribution in [3.8, 4) is 5.75 Å². The van der Waals surface area contributed by atoms with Gasteiger partial charge in [-0.1, -0.05) is 67.1 Å². The van der Waals surface area contributed by atoms with Gasteiger partial charge in [0.25, 0.3) is 0 Å². The number of nitrogens with zero attached hydrogens (tertiary/aromatic N) is 1. The molecule has 5 rings (SSSR count). The van der Waals surface area contributed by atoms with Crippen LogP contribution in [0, 0.1) is 11.8 Å². The van der Waals surface area contributed by atoms with Crippen LogP contribution >= 0.6 is 23.2 Å². The molecule has 39 heavy (non-hydrogen) atoms. The fourth-order valence-corrected chi connectivity index (χ4v) is 6.53. The second-order valence-corrected chi connectivity index (χ2v) is 17.9. The summed E-state index contributed by atoms with van der Waals surface area (Å²) in [5, 5.41) is 15.7. The molecule has 1 saturated carbocycles. The molecule has 3 aliphatic carbocycles. The highest BCUT2D eigenvalue weighted by atomic mass is 35.5. The number of aromatic hydroxyl groups is 1. The van der Waals surface area contributed by atoms with Crippen molar-refractivity contribution in [2.45, 2.75) is 63.9 Å². The minimum absolute atomic E-state index is 0.0736. The molecule has 1 unspecified atom stereocenters. The Labute approximate surface area is 240 Å². The summed E-state index contributed by atoms with van der Waals surface area (Å²) >= 11 is 12.3. The molecule has 4 atom stereocenters. The minimum Gasteiger partial charge on any atom is -0.508 e. The van der Waals surface area contributed by atoms with Crippen LogP contribution in [-0.2, 0) is 30.5 Å². The third-order valence-electron chi connectivity index (χ3n) is 7.28. The number of ether oxygens (including phenoxy) is 2. The van der Waals surface area contributed by atoms with Gasteiger partial charge in [0.2, 0.25) is 0 Å². The van der Waals surface area contributed by atoms with Crippen molar-refractivity contribution >= 4 is 48.9 Å².